The Kier molecular flexibility index (Phi) is 4.77. The summed E-state index contributed by atoms with van der Waals surface area (Å²) in [6.45, 7) is 2.80. The second-order valence-corrected chi connectivity index (χ2v) is 7.04. The molecular weight excluding hydrogens is 280 g/mol. The number of hydrogen-bond donors (Lipinski definition) is 2. The smallest absolute Gasteiger partial charge is 0.254 e. The van der Waals surface area contributed by atoms with Gasteiger partial charge in [0, 0.05) is 25.3 Å². The molecule has 8 heteroatoms. The maximum atomic E-state index is 11.9. The van der Waals surface area contributed by atoms with Crippen LogP contribution in [0.2, 0.25) is 0 Å². The minimum absolute atomic E-state index is 0.0190. The number of nitrogens with zero attached hydrogens (tertiary/aromatic N) is 2. The Labute approximate surface area is 118 Å². The molecule has 1 saturated heterocycles. The Morgan fingerprint density at radius 3 is 2.75 bits per heavy atom. The van der Waals surface area contributed by atoms with Crippen molar-refractivity contribution in [3.8, 4) is 0 Å². The molecule has 1 amide bonds. The SMILES string of the molecule is CCCS(=O)(=O)N1CCC(NC(=O)c2cn[nH]c2)CC1. The molecule has 20 heavy (non-hydrogen) atoms. The van der Waals surface area contributed by atoms with E-state index in [2.05, 4.69) is 15.5 Å². The Morgan fingerprint density at radius 2 is 2.20 bits per heavy atom. The van der Waals surface area contributed by atoms with Gasteiger partial charge in [-0.25, -0.2) is 12.7 Å². The maximum absolute atomic E-state index is 11.9. The number of rotatable bonds is 5. The molecule has 1 fully saturated rings. The van der Waals surface area contributed by atoms with E-state index < -0.39 is 10.0 Å². The van der Waals surface area contributed by atoms with Crippen molar-refractivity contribution < 1.29 is 13.2 Å². The van der Waals surface area contributed by atoms with E-state index in [9.17, 15) is 13.2 Å². The summed E-state index contributed by atoms with van der Waals surface area (Å²) in [5, 5.41) is 9.22. The van der Waals surface area contributed by atoms with Gasteiger partial charge in [-0.05, 0) is 19.3 Å². The largest absolute Gasteiger partial charge is 0.349 e. The fourth-order valence-corrected chi connectivity index (χ4v) is 3.85. The molecule has 0 radical (unpaired) electrons. The normalized spacial score (nSPS) is 18.1. The van der Waals surface area contributed by atoms with E-state index in [1.54, 1.807) is 0 Å². The minimum Gasteiger partial charge on any atom is -0.349 e. The Bertz CT molecular complexity index is 533. The summed E-state index contributed by atoms with van der Waals surface area (Å²) in [4.78, 5) is 11.9. The zero-order valence-corrected chi connectivity index (χ0v) is 12.3. The molecule has 0 saturated carbocycles. The number of piperidine rings is 1. The first-order chi connectivity index (χ1) is 9.53. The van der Waals surface area contributed by atoms with Crippen LogP contribution < -0.4 is 5.32 Å². The number of aromatic amines is 1. The molecule has 0 unspecified atom stereocenters. The molecule has 1 aliphatic rings. The molecule has 0 atom stereocenters. The van der Waals surface area contributed by atoms with Crippen molar-refractivity contribution in [1.82, 2.24) is 19.8 Å². The monoisotopic (exact) mass is 300 g/mol. The van der Waals surface area contributed by atoms with Crippen molar-refractivity contribution in [3.05, 3.63) is 18.0 Å². The van der Waals surface area contributed by atoms with E-state index in [1.165, 1.54) is 16.7 Å². The van der Waals surface area contributed by atoms with E-state index >= 15 is 0 Å². The van der Waals surface area contributed by atoms with Crippen LogP contribution in [-0.4, -0.2) is 53.7 Å². The van der Waals surface area contributed by atoms with Crippen molar-refractivity contribution in [1.29, 1.82) is 0 Å². The quantitative estimate of drug-likeness (QED) is 0.820. The van der Waals surface area contributed by atoms with Crippen LogP contribution in [-0.2, 0) is 10.0 Å². The fraction of sp³-hybridized carbons (Fsp3) is 0.667. The first-order valence-corrected chi connectivity index (χ1v) is 8.41. The molecule has 2 N–H and O–H groups in total. The summed E-state index contributed by atoms with van der Waals surface area (Å²) in [5.74, 6) is 0.0209. The Morgan fingerprint density at radius 1 is 1.50 bits per heavy atom. The molecule has 0 aromatic carbocycles. The second-order valence-electron chi connectivity index (χ2n) is 4.95. The van der Waals surface area contributed by atoms with Crippen molar-refractivity contribution in [2.24, 2.45) is 0 Å². The molecular formula is C12H20N4O3S. The lowest BCUT2D eigenvalue weighted by molar-refractivity contribution is 0.0924. The molecule has 1 aliphatic heterocycles. The maximum Gasteiger partial charge on any atom is 0.254 e. The van der Waals surface area contributed by atoms with Crippen LogP contribution in [0.3, 0.4) is 0 Å². The molecule has 0 spiro atoms. The standard InChI is InChI=1S/C12H20N4O3S/c1-2-7-20(18,19)16-5-3-11(4-6-16)15-12(17)10-8-13-14-9-10/h8-9,11H,2-7H2,1H3,(H,13,14)(H,15,17). The van der Waals surface area contributed by atoms with Gasteiger partial charge in [-0.1, -0.05) is 6.92 Å². The van der Waals surface area contributed by atoms with Gasteiger partial charge in [-0.15, -0.1) is 0 Å². The van der Waals surface area contributed by atoms with E-state index in [0.29, 0.717) is 37.9 Å². The van der Waals surface area contributed by atoms with Crippen molar-refractivity contribution in [2.45, 2.75) is 32.2 Å². The molecule has 112 valence electrons. The van der Waals surface area contributed by atoms with Gasteiger partial charge in [0.05, 0.1) is 17.5 Å². The molecule has 2 rings (SSSR count). The summed E-state index contributed by atoms with van der Waals surface area (Å²) in [7, 11) is -3.12. The summed E-state index contributed by atoms with van der Waals surface area (Å²) < 4.78 is 25.4. The van der Waals surface area contributed by atoms with Gasteiger partial charge in [0.1, 0.15) is 0 Å². The number of carbonyl (C=O) groups excluding carboxylic acids is 1. The first kappa shape index (κ1) is 15.0. The second kappa shape index (κ2) is 6.36. The van der Waals surface area contributed by atoms with E-state index in [1.807, 2.05) is 6.92 Å². The molecule has 0 aliphatic carbocycles. The van der Waals surface area contributed by atoms with Crippen LogP contribution in [0.15, 0.2) is 12.4 Å². The number of sulfonamides is 1. The average molecular weight is 300 g/mol. The molecule has 1 aromatic heterocycles. The molecule has 1 aromatic rings. The van der Waals surface area contributed by atoms with Gasteiger partial charge in [0.15, 0.2) is 0 Å². The van der Waals surface area contributed by atoms with E-state index in [4.69, 9.17) is 0 Å². The van der Waals surface area contributed by atoms with Gasteiger partial charge in [0.2, 0.25) is 10.0 Å². The Hall–Kier alpha value is -1.41. The van der Waals surface area contributed by atoms with Crippen molar-refractivity contribution in [3.63, 3.8) is 0 Å². The number of aromatic nitrogens is 2. The summed E-state index contributed by atoms with van der Waals surface area (Å²) in [6.07, 6.45) is 4.92. The zero-order chi connectivity index (χ0) is 14.6. The van der Waals surface area contributed by atoms with E-state index in [-0.39, 0.29) is 17.7 Å². The third-order valence-electron chi connectivity index (χ3n) is 3.41. The number of nitrogens with one attached hydrogen (secondary N) is 2. The third kappa shape index (κ3) is 3.57. The summed E-state index contributed by atoms with van der Waals surface area (Å²) in [5.41, 5.74) is 0.492. The minimum atomic E-state index is -3.12. The number of hydrogen-bond acceptors (Lipinski definition) is 4. The topological polar surface area (TPSA) is 95.2 Å². The predicted octanol–water partition coefficient (Wildman–Crippen LogP) is 0.344. The van der Waals surface area contributed by atoms with Crippen LogP contribution in [0.1, 0.15) is 36.5 Å². The van der Waals surface area contributed by atoms with Crippen LogP contribution in [0.4, 0.5) is 0 Å². The van der Waals surface area contributed by atoms with Crippen molar-refractivity contribution in [2.75, 3.05) is 18.8 Å². The van der Waals surface area contributed by atoms with Gasteiger partial charge in [-0.2, -0.15) is 5.10 Å². The fourth-order valence-electron chi connectivity index (χ4n) is 2.31. The molecule has 2 heterocycles. The van der Waals surface area contributed by atoms with Gasteiger partial charge >= 0.3 is 0 Å². The number of carbonyl (C=O) groups is 1. The predicted molar refractivity (Wildman–Crippen MR) is 74.7 cm³/mol. The highest BCUT2D eigenvalue weighted by atomic mass is 32.2. The third-order valence-corrected chi connectivity index (χ3v) is 5.48. The highest BCUT2D eigenvalue weighted by Gasteiger charge is 2.28. The number of H-pyrrole nitrogens is 1. The highest BCUT2D eigenvalue weighted by Crippen LogP contribution is 2.15. The summed E-state index contributed by atoms with van der Waals surface area (Å²) >= 11 is 0. The van der Waals surface area contributed by atoms with Crippen molar-refractivity contribution >= 4 is 15.9 Å². The van der Waals surface area contributed by atoms with Crippen LogP contribution in [0.5, 0.6) is 0 Å². The summed E-state index contributed by atoms with van der Waals surface area (Å²) in [6, 6.07) is 0.0190. The Balaban J connectivity index is 1.84. The lowest BCUT2D eigenvalue weighted by Crippen LogP contribution is -2.47. The van der Waals surface area contributed by atoms with Crippen LogP contribution in [0, 0.1) is 0 Å². The van der Waals surface area contributed by atoms with Gasteiger partial charge in [-0.3, -0.25) is 9.89 Å². The lowest BCUT2D eigenvalue weighted by Gasteiger charge is -2.31. The molecule has 7 nitrogen and oxygen atoms in total. The van der Waals surface area contributed by atoms with E-state index in [0.717, 1.165) is 0 Å². The first-order valence-electron chi connectivity index (χ1n) is 6.80. The van der Waals surface area contributed by atoms with Crippen LogP contribution in [0.25, 0.3) is 0 Å². The zero-order valence-electron chi connectivity index (χ0n) is 11.5. The lowest BCUT2D eigenvalue weighted by atomic mass is 10.1. The average Bonchev–Trinajstić information content (AvgIpc) is 2.93. The van der Waals surface area contributed by atoms with Crippen LogP contribution >= 0.6 is 0 Å². The van der Waals surface area contributed by atoms with Gasteiger partial charge < -0.3 is 5.32 Å². The highest BCUT2D eigenvalue weighted by molar-refractivity contribution is 7.89. The van der Waals surface area contributed by atoms with Gasteiger partial charge in [0.25, 0.3) is 5.91 Å². The molecule has 0 bridgehead atoms. The number of amides is 1.